The number of allylic oxidation sites excluding steroid dienone is 1. The van der Waals surface area contributed by atoms with E-state index in [2.05, 4.69) is 108 Å². The molecule has 0 radical (unpaired) electrons. The van der Waals surface area contributed by atoms with Crippen molar-refractivity contribution in [3.05, 3.63) is 102 Å². The standard InChI is InChI=1S/C27H27N2O.ClH/c1-20(2)22-12-13-27-24(16-22)23(14-15-30-27)18-29-19-28(17-21-8-4-3-5-9-21)25-10-6-7-11-26(25)29;/h3-14,16,19-20H,15,17-18H2,1-2H3;1H/q+1;/p-1. The van der Waals surface area contributed by atoms with Crippen molar-refractivity contribution in [1.29, 1.82) is 0 Å². The normalized spacial score (nSPS) is 12.8. The summed E-state index contributed by atoms with van der Waals surface area (Å²) in [6, 6.07) is 25.9. The third-order valence-corrected chi connectivity index (χ3v) is 5.90. The van der Waals surface area contributed by atoms with Gasteiger partial charge in [0.15, 0.2) is 11.0 Å². The molecule has 4 heteroatoms. The third kappa shape index (κ3) is 4.24. The Hall–Kier alpha value is -3.04. The Kier molecular flexibility index (Phi) is 6.15. The van der Waals surface area contributed by atoms with E-state index in [4.69, 9.17) is 4.74 Å². The summed E-state index contributed by atoms with van der Waals surface area (Å²) in [5.41, 5.74) is 7.71. The van der Waals surface area contributed by atoms with Crippen LogP contribution < -0.4 is 21.7 Å². The molecule has 0 bridgehead atoms. The van der Waals surface area contributed by atoms with Crippen LogP contribution in [-0.4, -0.2) is 11.2 Å². The SMILES string of the molecule is CC(C)c1ccc2c(c1)C(Cn1c[n+](Cc3ccccc3)c3ccccc31)=CCO2.[Cl-]. The maximum Gasteiger partial charge on any atom is 0.245 e. The molecule has 0 amide bonds. The first-order valence-corrected chi connectivity index (χ1v) is 10.7. The highest BCUT2D eigenvalue weighted by Crippen LogP contribution is 2.34. The first-order chi connectivity index (χ1) is 14.7. The molecule has 0 fully saturated rings. The fraction of sp³-hybridized carbons (Fsp3) is 0.222. The second kappa shape index (κ2) is 8.99. The summed E-state index contributed by atoms with van der Waals surface area (Å²) in [5, 5.41) is 0. The summed E-state index contributed by atoms with van der Waals surface area (Å²) in [4.78, 5) is 0. The Labute approximate surface area is 190 Å². The molecule has 2 heterocycles. The molecule has 1 aromatic heterocycles. The Bertz CT molecular complexity index is 1220. The van der Waals surface area contributed by atoms with Crippen molar-refractivity contribution >= 4 is 16.6 Å². The first-order valence-electron chi connectivity index (χ1n) is 10.7. The highest BCUT2D eigenvalue weighted by molar-refractivity contribution is 5.76. The maximum atomic E-state index is 5.91. The van der Waals surface area contributed by atoms with Crippen molar-refractivity contribution in [2.75, 3.05) is 6.61 Å². The van der Waals surface area contributed by atoms with Gasteiger partial charge in [-0.05, 0) is 47.4 Å². The van der Waals surface area contributed by atoms with Crippen LogP contribution in [0.25, 0.3) is 16.6 Å². The Morgan fingerprint density at radius 3 is 2.55 bits per heavy atom. The fourth-order valence-electron chi connectivity index (χ4n) is 4.23. The van der Waals surface area contributed by atoms with E-state index >= 15 is 0 Å². The van der Waals surface area contributed by atoms with E-state index in [1.165, 1.54) is 33.3 Å². The number of hydrogen-bond donors (Lipinski definition) is 0. The highest BCUT2D eigenvalue weighted by atomic mass is 35.5. The molecule has 31 heavy (non-hydrogen) atoms. The van der Waals surface area contributed by atoms with E-state index in [0.29, 0.717) is 12.5 Å². The maximum absolute atomic E-state index is 5.91. The van der Waals surface area contributed by atoms with E-state index in [1.807, 2.05) is 0 Å². The lowest BCUT2D eigenvalue weighted by Crippen LogP contribution is -3.00. The number of para-hydroxylation sites is 2. The van der Waals surface area contributed by atoms with Crippen LogP contribution in [0.5, 0.6) is 5.75 Å². The second-order valence-corrected chi connectivity index (χ2v) is 8.30. The molecule has 0 atom stereocenters. The molecule has 1 aliphatic rings. The Morgan fingerprint density at radius 2 is 1.74 bits per heavy atom. The van der Waals surface area contributed by atoms with Gasteiger partial charge in [-0.2, -0.15) is 0 Å². The molecule has 3 nitrogen and oxygen atoms in total. The summed E-state index contributed by atoms with van der Waals surface area (Å²) in [6.45, 7) is 6.80. The summed E-state index contributed by atoms with van der Waals surface area (Å²) in [5.74, 6) is 1.49. The second-order valence-electron chi connectivity index (χ2n) is 8.30. The lowest BCUT2D eigenvalue weighted by Gasteiger charge is -2.19. The van der Waals surface area contributed by atoms with Gasteiger partial charge in [0.1, 0.15) is 25.4 Å². The van der Waals surface area contributed by atoms with Gasteiger partial charge in [0.05, 0.1) is 0 Å². The minimum atomic E-state index is 0. The molecule has 0 spiro atoms. The molecule has 0 saturated heterocycles. The van der Waals surface area contributed by atoms with Gasteiger partial charge >= 0.3 is 0 Å². The topological polar surface area (TPSA) is 18.0 Å². The lowest BCUT2D eigenvalue weighted by atomic mass is 9.95. The van der Waals surface area contributed by atoms with Crippen molar-refractivity contribution < 1.29 is 21.7 Å². The number of fused-ring (bicyclic) bond motifs is 2. The molecule has 0 saturated carbocycles. The third-order valence-electron chi connectivity index (χ3n) is 5.90. The van der Waals surface area contributed by atoms with Gasteiger partial charge in [0, 0.05) is 11.1 Å². The molecular weight excluding hydrogens is 404 g/mol. The number of nitrogens with zero attached hydrogens (tertiary/aromatic N) is 2. The highest BCUT2D eigenvalue weighted by Gasteiger charge is 2.21. The molecule has 3 aromatic carbocycles. The van der Waals surface area contributed by atoms with Crippen molar-refractivity contribution in [3.8, 4) is 5.75 Å². The summed E-state index contributed by atoms with van der Waals surface area (Å²) in [7, 11) is 0. The largest absolute Gasteiger partial charge is 1.00 e. The van der Waals surface area contributed by atoms with Crippen LogP contribution in [0.3, 0.4) is 0 Å². The molecule has 0 unspecified atom stereocenters. The van der Waals surface area contributed by atoms with Crippen LogP contribution in [0.1, 0.15) is 36.5 Å². The minimum Gasteiger partial charge on any atom is -1.00 e. The van der Waals surface area contributed by atoms with Gasteiger partial charge < -0.3 is 17.1 Å². The monoisotopic (exact) mass is 430 g/mol. The number of imidazole rings is 1. The predicted molar refractivity (Wildman–Crippen MR) is 122 cm³/mol. The van der Waals surface area contributed by atoms with Crippen LogP contribution in [0, 0.1) is 0 Å². The van der Waals surface area contributed by atoms with Crippen molar-refractivity contribution in [1.82, 2.24) is 4.57 Å². The smallest absolute Gasteiger partial charge is 0.245 e. The van der Waals surface area contributed by atoms with Crippen molar-refractivity contribution in [2.45, 2.75) is 32.9 Å². The first kappa shape index (κ1) is 21.2. The number of halogens is 1. The molecule has 0 N–H and O–H groups in total. The lowest BCUT2D eigenvalue weighted by molar-refractivity contribution is -0.663. The summed E-state index contributed by atoms with van der Waals surface area (Å²) < 4.78 is 10.6. The average Bonchev–Trinajstić information content (AvgIpc) is 3.11. The minimum absolute atomic E-state index is 0. The Morgan fingerprint density at radius 1 is 0.968 bits per heavy atom. The van der Waals surface area contributed by atoms with E-state index in [1.54, 1.807) is 0 Å². The Balaban J connectivity index is 0.00000231. The zero-order chi connectivity index (χ0) is 20.5. The van der Waals surface area contributed by atoms with Gasteiger partial charge in [0.25, 0.3) is 0 Å². The van der Waals surface area contributed by atoms with Gasteiger partial charge in [-0.3, -0.25) is 0 Å². The summed E-state index contributed by atoms with van der Waals surface area (Å²) >= 11 is 0. The molecule has 158 valence electrons. The molecule has 4 aromatic rings. The number of aromatic nitrogens is 2. The van der Waals surface area contributed by atoms with E-state index < -0.39 is 0 Å². The number of rotatable bonds is 5. The molecule has 0 aliphatic carbocycles. The van der Waals surface area contributed by atoms with Gasteiger partial charge in [-0.1, -0.05) is 62.4 Å². The van der Waals surface area contributed by atoms with Crippen molar-refractivity contribution in [3.63, 3.8) is 0 Å². The van der Waals surface area contributed by atoms with Crippen molar-refractivity contribution in [2.24, 2.45) is 0 Å². The number of hydrogen-bond acceptors (Lipinski definition) is 1. The van der Waals surface area contributed by atoms with Gasteiger partial charge in [-0.15, -0.1) is 0 Å². The molecule has 1 aliphatic heterocycles. The van der Waals surface area contributed by atoms with E-state index in [-0.39, 0.29) is 12.4 Å². The molecule has 5 rings (SSSR count). The predicted octanol–water partition coefficient (Wildman–Crippen LogP) is 2.58. The molecular formula is C27H27ClN2O. The van der Waals surface area contributed by atoms with Gasteiger partial charge in [-0.25, -0.2) is 9.13 Å². The quantitative estimate of drug-likeness (QED) is 0.445. The van der Waals surface area contributed by atoms with Gasteiger partial charge in [0.2, 0.25) is 6.33 Å². The zero-order valence-corrected chi connectivity index (χ0v) is 18.7. The van der Waals surface area contributed by atoms with Crippen LogP contribution >= 0.6 is 0 Å². The fourth-order valence-corrected chi connectivity index (χ4v) is 4.23. The van der Waals surface area contributed by atoms with Crippen LogP contribution in [0.4, 0.5) is 0 Å². The summed E-state index contributed by atoms with van der Waals surface area (Å²) in [6.07, 6.45) is 4.47. The zero-order valence-electron chi connectivity index (χ0n) is 18.0. The van der Waals surface area contributed by atoms with Crippen LogP contribution in [0.2, 0.25) is 0 Å². The number of ether oxygens (including phenoxy) is 1. The number of benzene rings is 3. The van der Waals surface area contributed by atoms with Crippen LogP contribution in [-0.2, 0) is 13.1 Å². The van der Waals surface area contributed by atoms with Crippen LogP contribution in [0.15, 0.2) is 85.2 Å². The van der Waals surface area contributed by atoms with E-state index in [0.717, 1.165) is 18.8 Å². The average molecular weight is 431 g/mol. The van der Waals surface area contributed by atoms with E-state index in [9.17, 15) is 0 Å².